The lowest BCUT2D eigenvalue weighted by atomic mass is 10.3. The number of para-hydroxylation sites is 1. The lowest BCUT2D eigenvalue weighted by Crippen LogP contribution is -2.23. The fraction of sp³-hybridized carbons (Fsp3) is 0.143. The van der Waals surface area contributed by atoms with Crippen LogP contribution in [0.4, 0.5) is 10.1 Å². The Morgan fingerprint density at radius 2 is 2.00 bits per heavy atom. The quantitative estimate of drug-likeness (QED) is 0.871. The lowest BCUT2D eigenvalue weighted by Gasteiger charge is -2.11. The highest BCUT2D eigenvalue weighted by Crippen LogP contribution is 2.22. The molecule has 5 heteroatoms. The first-order valence-electron chi connectivity index (χ1n) is 5.80. The molecule has 1 atom stereocenters. The maximum atomic E-state index is 13.4. The lowest BCUT2D eigenvalue weighted by molar-refractivity contribution is -0.115. The zero-order valence-electron chi connectivity index (χ0n) is 10.3. The molecule has 0 fully saturated rings. The van der Waals surface area contributed by atoms with Gasteiger partial charge in [-0.15, -0.1) is 0 Å². The van der Waals surface area contributed by atoms with Crippen LogP contribution in [0.5, 0.6) is 0 Å². The molecule has 19 heavy (non-hydrogen) atoms. The number of nitrogens with zero attached hydrogens (tertiary/aromatic N) is 1. The van der Waals surface area contributed by atoms with Crippen molar-refractivity contribution in [3.63, 3.8) is 0 Å². The minimum Gasteiger partial charge on any atom is -0.323 e. The van der Waals surface area contributed by atoms with Gasteiger partial charge >= 0.3 is 0 Å². The average Bonchev–Trinajstić information content (AvgIpc) is 2.42. The summed E-state index contributed by atoms with van der Waals surface area (Å²) in [5.41, 5.74) is 0.195. The number of hydrogen-bond acceptors (Lipinski definition) is 3. The highest BCUT2D eigenvalue weighted by molar-refractivity contribution is 8.00. The average molecular weight is 276 g/mol. The fourth-order valence-corrected chi connectivity index (χ4v) is 2.26. The van der Waals surface area contributed by atoms with Gasteiger partial charge in [-0.2, -0.15) is 0 Å². The fourth-order valence-electron chi connectivity index (χ4n) is 1.45. The van der Waals surface area contributed by atoms with Crippen molar-refractivity contribution in [1.82, 2.24) is 4.98 Å². The summed E-state index contributed by atoms with van der Waals surface area (Å²) < 4.78 is 13.4. The van der Waals surface area contributed by atoms with E-state index in [2.05, 4.69) is 10.3 Å². The zero-order valence-corrected chi connectivity index (χ0v) is 11.2. The summed E-state index contributed by atoms with van der Waals surface area (Å²) in [5.74, 6) is -0.688. The van der Waals surface area contributed by atoms with E-state index in [1.807, 2.05) is 18.2 Å². The van der Waals surface area contributed by atoms with Crippen LogP contribution in [-0.2, 0) is 4.79 Å². The summed E-state index contributed by atoms with van der Waals surface area (Å²) in [5, 5.41) is 2.98. The van der Waals surface area contributed by atoms with E-state index in [0.717, 1.165) is 5.03 Å². The number of anilines is 1. The van der Waals surface area contributed by atoms with Gasteiger partial charge in [0.15, 0.2) is 0 Å². The first-order chi connectivity index (χ1) is 9.16. The molecular weight excluding hydrogens is 263 g/mol. The van der Waals surface area contributed by atoms with Gasteiger partial charge in [-0.25, -0.2) is 9.37 Å². The van der Waals surface area contributed by atoms with Gasteiger partial charge in [-0.1, -0.05) is 30.0 Å². The molecule has 0 bridgehead atoms. The van der Waals surface area contributed by atoms with Crippen molar-refractivity contribution in [2.75, 3.05) is 5.32 Å². The summed E-state index contributed by atoms with van der Waals surface area (Å²) in [4.78, 5) is 16.1. The summed E-state index contributed by atoms with van der Waals surface area (Å²) in [6, 6.07) is 11.6. The first kappa shape index (κ1) is 13.5. The van der Waals surface area contributed by atoms with Crippen LogP contribution in [0.2, 0.25) is 0 Å². The number of halogens is 1. The molecule has 0 aliphatic rings. The Kier molecular flexibility index (Phi) is 4.52. The van der Waals surface area contributed by atoms with E-state index in [-0.39, 0.29) is 16.8 Å². The monoisotopic (exact) mass is 276 g/mol. The molecule has 2 rings (SSSR count). The Hall–Kier alpha value is -1.88. The largest absolute Gasteiger partial charge is 0.323 e. The van der Waals surface area contributed by atoms with E-state index in [1.54, 1.807) is 25.3 Å². The molecule has 0 unspecified atom stereocenters. The molecule has 1 N–H and O–H groups in total. The van der Waals surface area contributed by atoms with Crippen molar-refractivity contribution in [2.45, 2.75) is 17.2 Å². The molecule has 1 aromatic carbocycles. The number of amides is 1. The van der Waals surface area contributed by atoms with Crippen LogP contribution in [0.25, 0.3) is 0 Å². The SMILES string of the molecule is C[C@H](Sc1ccccn1)C(=O)Nc1ccccc1F. The predicted octanol–water partition coefficient (Wildman–Crippen LogP) is 3.34. The molecule has 0 spiro atoms. The molecule has 2 aromatic rings. The summed E-state index contributed by atoms with van der Waals surface area (Å²) in [6.07, 6.45) is 1.67. The third kappa shape index (κ3) is 3.79. The second-order valence-electron chi connectivity index (χ2n) is 3.90. The number of benzene rings is 1. The van der Waals surface area contributed by atoms with Crippen LogP contribution in [0.3, 0.4) is 0 Å². The molecule has 0 aliphatic carbocycles. The maximum Gasteiger partial charge on any atom is 0.237 e. The second-order valence-corrected chi connectivity index (χ2v) is 5.26. The van der Waals surface area contributed by atoms with Gasteiger partial charge in [0.05, 0.1) is 16.0 Å². The smallest absolute Gasteiger partial charge is 0.237 e. The van der Waals surface area contributed by atoms with Crippen molar-refractivity contribution in [1.29, 1.82) is 0 Å². The van der Waals surface area contributed by atoms with Crippen LogP contribution in [-0.4, -0.2) is 16.1 Å². The van der Waals surface area contributed by atoms with Crippen LogP contribution in [0, 0.1) is 5.82 Å². The normalized spacial score (nSPS) is 11.9. The van der Waals surface area contributed by atoms with Gasteiger partial charge in [-0.05, 0) is 31.2 Å². The van der Waals surface area contributed by atoms with E-state index < -0.39 is 5.82 Å². The number of nitrogens with one attached hydrogen (secondary N) is 1. The number of carbonyl (C=O) groups excluding carboxylic acids is 1. The van der Waals surface area contributed by atoms with Crippen molar-refractivity contribution in [3.05, 3.63) is 54.5 Å². The minimum absolute atomic E-state index is 0.195. The van der Waals surface area contributed by atoms with E-state index in [4.69, 9.17) is 0 Å². The number of hydrogen-bond donors (Lipinski definition) is 1. The highest BCUT2D eigenvalue weighted by Gasteiger charge is 2.16. The van der Waals surface area contributed by atoms with Gasteiger partial charge < -0.3 is 5.32 Å². The van der Waals surface area contributed by atoms with E-state index >= 15 is 0 Å². The summed E-state index contributed by atoms with van der Waals surface area (Å²) in [7, 11) is 0. The van der Waals surface area contributed by atoms with Crippen molar-refractivity contribution in [3.8, 4) is 0 Å². The maximum absolute atomic E-state index is 13.4. The van der Waals surface area contributed by atoms with Gasteiger partial charge in [0.2, 0.25) is 5.91 Å². The third-order valence-corrected chi connectivity index (χ3v) is 3.49. The van der Waals surface area contributed by atoms with Crippen molar-refractivity contribution in [2.24, 2.45) is 0 Å². The van der Waals surface area contributed by atoms with Crippen molar-refractivity contribution >= 4 is 23.4 Å². The Morgan fingerprint density at radius 1 is 1.26 bits per heavy atom. The Bertz CT molecular complexity index is 562. The van der Waals surface area contributed by atoms with Crippen LogP contribution in [0.15, 0.2) is 53.7 Å². The number of thioether (sulfide) groups is 1. The first-order valence-corrected chi connectivity index (χ1v) is 6.68. The third-order valence-electron chi connectivity index (χ3n) is 2.44. The summed E-state index contributed by atoms with van der Waals surface area (Å²) in [6.45, 7) is 1.76. The molecule has 0 saturated heterocycles. The Morgan fingerprint density at radius 3 is 2.68 bits per heavy atom. The molecule has 98 valence electrons. The Balaban J connectivity index is 1.99. The Labute approximate surface area is 115 Å². The molecule has 0 radical (unpaired) electrons. The molecule has 1 aromatic heterocycles. The summed E-state index contributed by atoms with van der Waals surface area (Å²) >= 11 is 1.33. The van der Waals surface area contributed by atoms with Crippen LogP contribution < -0.4 is 5.32 Å². The topological polar surface area (TPSA) is 42.0 Å². The van der Waals surface area contributed by atoms with Crippen LogP contribution in [0.1, 0.15) is 6.92 Å². The molecule has 1 heterocycles. The van der Waals surface area contributed by atoms with Crippen molar-refractivity contribution < 1.29 is 9.18 Å². The minimum atomic E-state index is -0.439. The van der Waals surface area contributed by atoms with Crippen LogP contribution >= 0.6 is 11.8 Å². The molecular formula is C14H13FN2OS. The number of pyridine rings is 1. The van der Waals surface area contributed by atoms with Gasteiger partial charge in [-0.3, -0.25) is 4.79 Å². The molecule has 0 aliphatic heterocycles. The molecule has 1 amide bonds. The van der Waals surface area contributed by atoms with Gasteiger partial charge in [0, 0.05) is 6.20 Å². The highest BCUT2D eigenvalue weighted by atomic mass is 32.2. The zero-order chi connectivity index (χ0) is 13.7. The van der Waals surface area contributed by atoms with Gasteiger partial charge in [0.25, 0.3) is 0 Å². The van der Waals surface area contributed by atoms with Gasteiger partial charge in [0.1, 0.15) is 5.82 Å². The van der Waals surface area contributed by atoms with E-state index in [0.29, 0.717) is 0 Å². The molecule has 3 nitrogen and oxygen atoms in total. The number of carbonyl (C=O) groups is 1. The number of rotatable bonds is 4. The predicted molar refractivity (Wildman–Crippen MR) is 74.6 cm³/mol. The molecule has 0 saturated carbocycles. The van der Waals surface area contributed by atoms with E-state index in [9.17, 15) is 9.18 Å². The van der Waals surface area contributed by atoms with E-state index in [1.165, 1.54) is 23.9 Å². The standard InChI is InChI=1S/C14H13FN2OS/c1-10(19-13-8-4-5-9-16-13)14(18)17-12-7-3-2-6-11(12)15/h2-10H,1H3,(H,17,18)/t10-/m0/s1. The second kappa shape index (κ2) is 6.33. The number of aromatic nitrogens is 1.